The molecular weight excluding hydrogens is 412 g/mol. The van der Waals surface area contributed by atoms with Crippen LogP contribution >= 0.6 is 0 Å². The molecule has 0 aromatic rings. The molecule has 7 atom stereocenters. The highest BCUT2D eigenvalue weighted by Gasteiger charge is 2.48. The van der Waals surface area contributed by atoms with Crippen LogP contribution in [0.4, 0.5) is 0 Å². The number of carboxylic acids is 1. The molecule has 0 unspecified atom stereocenters. The van der Waals surface area contributed by atoms with Gasteiger partial charge in [-0.1, -0.05) is 38.5 Å². The highest BCUT2D eigenvalue weighted by atomic mass is 16.5. The van der Waals surface area contributed by atoms with Gasteiger partial charge < -0.3 is 25.2 Å². The van der Waals surface area contributed by atoms with Gasteiger partial charge in [-0.15, -0.1) is 0 Å². The minimum absolute atomic E-state index is 0.0297. The number of carbonyl (C=O) groups is 2. The molecule has 0 amide bonds. The number of carbonyl (C=O) groups excluding carboxylic acids is 1. The maximum atomic E-state index is 13.0. The van der Waals surface area contributed by atoms with E-state index in [1.165, 1.54) is 0 Å². The Hall–Kier alpha value is -1.70. The van der Waals surface area contributed by atoms with Crippen molar-refractivity contribution in [2.45, 2.75) is 83.5 Å². The first-order valence-electron chi connectivity index (χ1n) is 11.9. The summed E-state index contributed by atoms with van der Waals surface area (Å²) in [6, 6.07) is 0. The van der Waals surface area contributed by atoms with Gasteiger partial charge in [-0.05, 0) is 61.9 Å². The van der Waals surface area contributed by atoms with Crippen molar-refractivity contribution in [1.29, 1.82) is 0 Å². The molecule has 7 nitrogen and oxygen atoms in total. The number of esters is 1. The van der Waals surface area contributed by atoms with Crippen LogP contribution in [0.2, 0.25) is 0 Å². The summed E-state index contributed by atoms with van der Waals surface area (Å²) in [4.78, 5) is 23.7. The third-order valence-corrected chi connectivity index (χ3v) is 7.69. The molecule has 3 rings (SSSR count). The second-order valence-electron chi connectivity index (χ2n) is 10.2. The highest BCUT2D eigenvalue weighted by molar-refractivity contribution is 5.78. The molecule has 7 heteroatoms. The maximum absolute atomic E-state index is 13.0. The zero-order valence-corrected chi connectivity index (χ0v) is 19.2. The molecular formula is C25H38O7. The Morgan fingerprint density at radius 1 is 1.22 bits per heavy atom. The van der Waals surface area contributed by atoms with E-state index in [9.17, 15) is 24.9 Å². The zero-order chi connectivity index (χ0) is 23.5. The van der Waals surface area contributed by atoms with E-state index in [4.69, 9.17) is 9.84 Å². The van der Waals surface area contributed by atoms with Crippen molar-refractivity contribution >= 4 is 11.9 Å². The molecule has 0 saturated heterocycles. The fraction of sp³-hybridized carbons (Fsp3) is 0.760. The van der Waals surface area contributed by atoms with Gasteiger partial charge in [0.05, 0.1) is 30.7 Å². The minimum atomic E-state index is -1.08. The van der Waals surface area contributed by atoms with E-state index < -0.39 is 23.6 Å². The van der Waals surface area contributed by atoms with Gasteiger partial charge in [0.25, 0.3) is 0 Å². The van der Waals surface area contributed by atoms with Gasteiger partial charge in [-0.3, -0.25) is 9.59 Å². The standard InChI is InChI=1S/C25H38O7/c1-15-10-17-5-4-16(2)20(7-6-18(27)12-19(28)13-22(29)30)23(17)21(11-15)32-24(31)25(14-26)8-3-9-25/h4-5,10,15-16,18-21,23,26-28H,3,6-9,11-14H2,1-2H3,(H,29,30)/t15-,16-,18+,19+,20-,21-,23-/m0/s1. The Morgan fingerprint density at radius 3 is 2.53 bits per heavy atom. The fourth-order valence-electron chi connectivity index (χ4n) is 5.62. The number of fused-ring (bicyclic) bond motifs is 1. The average molecular weight is 451 g/mol. The molecule has 32 heavy (non-hydrogen) atoms. The number of aliphatic carboxylic acids is 1. The van der Waals surface area contributed by atoms with Gasteiger partial charge in [0.1, 0.15) is 6.10 Å². The molecule has 0 radical (unpaired) electrons. The largest absolute Gasteiger partial charge is 0.481 e. The van der Waals surface area contributed by atoms with Gasteiger partial charge in [0.2, 0.25) is 0 Å². The molecule has 180 valence electrons. The Labute approximate surface area is 190 Å². The molecule has 1 fully saturated rings. The van der Waals surface area contributed by atoms with Gasteiger partial charge in [-0.2, -0.15) is 0 Å². The molecule has 3 aliphatic carbocycles. The van der Waals surface area contributed by atoms with Crippen molar-refractivity contribution in [2.24, 2.45) is 29.1 Å². The van der Waals surface area contributed by atoms with Crippen molar-refractivity contribution in [3.8, 4) is 0 Å². The van der Waals surface area contributed by atoms with Gasteiger partial charge in [0, 0.05) is 5.92 Å². The summed E-state index contributed by atoms with van der Waals surface area (Å²) in [5.41, 5.74) is 0.420. The van der Waals surface area contributed by atoms with Crippen LogP contribution < -0.4 is 0 Å². The van der Waals surface area contributed by atoms with Crippen LogP contribution in [0.1, 0.15) is 65.2 Å². The van der Waals surface area contributed by atoms with E-state index in [0.717, 1.165) is 18.4 Å². The van der Waals surface area contributed by atoms with Crippen molar-refractivity contribution in [1.82, 2.24) is 0 Å². The summed E-state index contributed by atoms with van der Waals surface area (Å²) in [5, 5.41) is 38.8. The van der Waals surface area contributed by atoms with E-state index in [0.29, 0.717) is 25.7 Å². The predicted molar refractivity (Wildman–Crippen MR) is 119 cm³/mol. The van der Waals surface area contributed by atoms with Gasteiger partial charge >= 0.3 is 11.9 Å². The first-order valence-corrected chi connectivity index (χ1v) is 11.9. The van der Waals surface area contributed by atoms with Crippen LogP contribution in [0.5, 0.6) is 0 Å². The molecule has 1 saturated carbocycles. The van der Waals surface area contributed by atoms with Crippen LogP contribution in [-0.2, 0) is 14.3 Å². The average Bonchev–Trinajstić information content (AvgIpc) is 2.66. The number of rotatable bonds is 10. The molecule has 0 heterocycles. The summed E-state index contributed by atoms with van der Waals surface area (Å²) in [6.07, 6.45) is 8.19. The molecule has 0 spiro atoms. The molecule has 0 aromatic carbocycles. The third kappa shape index (κ3) is 5.61. The van der Waals surface area contributed by atoms with Crippen LogP contribution in [0.25, 0.3) is 0 Å². The Kier molecular flexibility index (Phi) is 8.17. The monoisotopic (exact) mass is 450 g/mol. The lowest BCUT2D eigenvalue weighted by Gasteiger charge is -2.45. The van der Waals surface area contributed by atoms with Crippen LogP contribution in [0, 0.1) is 29.1 Å². The molecule has 0 bridgehead atoms. The van der Waals surface area contributed by atoms with Gasteiger partial charge in [0.15, 0.2) is 0 Å². The number of ether oxygens (including phenoxy) is 1. The Balaban J connectivity index is 1.69. The summed E-state index contributed by atoms with van der Waals surface area (Å²) >= 11 is 0. The lowest BCUT2D eigenvalue weighted by atomic mass is 9.65. The van der Waals surface area contributed by atoms with Crippen LogP contribution in [0.3, 0.4) is 0 Å². The lowest BCUT2D eigenvalue weighted by Crippen LogP contribution is -2.47. The number of hydrogen-bond acceptors (Lipinski definition) is 6. The second kappa shape index (κ2) is 10.5. The summed E-state index contributed by atoms with van der Waals surface area (Å²) in [7, 11) is 0. The van der Waals surface area contributed by atoms with E-state index in [1.54, 1.807) is 0 Å². The number of aliphatic hydroxyl groups is 3. The zero-order valence-electron chi connectivity index (χ0n) is 19.2. The topological polar surface area (TPSA) is 124 Å². The van der Waals surface area contributed by atoms with Crippen LogP contribution in [0.15, 0.2) is 23.8 Å². The number of carboxylic acid groups (broad SMARTS) is 1. The first-order chi connectivity index (χ1) is 15.1. The number of aliphatic hydroxyl groups excluding tert-OH is 3. The Morgan fingerprint density at radius 2 is 1.94 bits per heavy atom. The van der Waals surface area contributed by atoms with Crippen LogP contribution in [-0.4, -0.2) is 57.3 Å². The normalized spacial score (nSPS) is 32.8. The van der Waals surface area contributed by atoms with E-state index in [1.807, 2.05) is 0 Å². The maximum Gasteiger partial charge on any atom is 0.314 e. The quantitative estimate of drug-likeness (QED) is 0.377. The van der Waals surface area contributed by atoms with Crippen molar-refractivity contribution in [2.75, 3.05) is 6.61 Å². The Bertz CT molecular complexity index is 733. The smallest absolute Gasteiger partial charge is 0.314 e. The van der Waals surface area contributed by atoms with Gasteiger partial charge in [-0.25, -0.2) is 0 Å². The summed E-state index contributed by atoms with van der Waals surface area (Å²) < 4.78 is 6.08. The first kappa shape index (κ1) is 24.9. The lowest BCUT2D eigenvalue weighted by molar-refractivity contribution is -0.175. The second-order valence-corrected chi connectivity index (χ2v) is 10.2. The van der Waals surface area contributed by atoms with Crippen molar-refractivity contribution < 1.29 is 34.8 Å². The minimum Gasteiger partial charge on any atom is -0.481 e. The summed E-state index contributed by atoms with van der Waals surface area (Å²) in [6.45, 7) is 4.07. The molecule has 3 aliphatic rings. The van der Waals surface area contributed by atoms with E-state index in [-0.39, 0.29) is 55.2 Å². The molecule has 4 N–H and O–H groups in total. The number of hydrogen-bond donors (Lipinski definition) is 4. The fourth-order valence-corrected chi connectivity index (χ4v) is 5.62. The summed E-state index contributed by atoms with van der Waals surface area (Å²) in [5.74, 6) is -0.670. The predicted octanol–water partition coefficient (Wildman–Crippen LogP) is 2.83. The van der Waals surface area contributed by atoms with Crippen molar-refractivity contribution in [3.63, 3.8) is 0 Å². The molecule has 0 aromatic heterocycles. The van der Waals surface area contributed by atoms with Crippen molar-refractivity contribution in [3.05, 3.63) is 23.8 Å². The molecule has 0 aliphatic heterocycles. The van der Waals surface area contributed by atoms with E-state index >= 15 is 0 Å². The number of allylic oxidation sites excluding steroid dienone is 3. The van der Waals surface area contributed by atoms with E-state index in [2.05, 4.69) is 32.1 Å². The SMILES string of the molecule is C[C@H]1C=C2C=C[C@H](C)[C@H](CC[C@@H](O)C[C@@H](O)CC(=O)O)[C@H]2[C@@H](OC(=O)C2(CO)CCC2)C1. The highest BCUT2D eigenvalue weighted by Crippen LogP contribution is 2.47. The third-order valence-electron chi connectivity index (χ3n) is 7.69.